The smallest absolute Gasteiger partial charge is 0.228 e. The molecule has 1 unspecified atom stereocenters. The number of nitrogens with zero attached hydrogens (tertiary/aromatic N) is 1. The molecule has 0 radical (unpaired) electrons. The number of aliphatic imine (C=N–C) groups is 1. The first-order valence-electron chi connectivity index (χ1n) is 3.16. The van der Waals surface area contributed by atoms with Gasteiger partial charge in [0.15, 0.2) is 0 Å². The molecule has 0 aliphatic carbocycles. The van der Waals surface area contributed by atoms with Gasteiger partial charge in [-0.15, -0.1) is 0 Å². The maximum Gasteiger partial charge on any atom is 0.228 e. The Morgan fingerprint density at radius 2 is 2.45 bits per heavy atom. The molecule has 58 valence electrons. The Kier molecular flexibility index (Phi) is 1.21. The number of aromatic amines is 1. The summed E-state index contributed by atoms with van der Waals surface area (Å²) in [7, 11) is 0. The summed E-state index contributed by atoms with van der Waals surface area (Å²) in [5.74, 6) is 0. The van der Waals surface area contributed by atoms with Crippen LogP contribution in [-0.2, 0) is 5.12 Å². The lowest BCUT2D eigenvalue weighted by Gasteiger charge is -2.21. The number of hydrogen-bond donors (Lipinski definition) is 3. The van der Waals surface area contributed by atoms with Crippen LogP contribution in [0.3, 0.4) is 0 Å². The number of rotatable bonds is 0. The summed E-state index contributed by atoms with van der Waals surface area (Å²) in [6.07, 6.45) is 3.25. The van der Waals surface area contributed by atoms with Crippen molar-refractivity contribution in [2.45, 2.75) is 5.12 Å². The molecule has 0 spiro atoms. The van der Waals surface area contributed by atoms with E-state index in [4.69, 9.17) is 17.3 Å². The zero-order chi connectivity index (χ0) is 7.90. The van der Waals surface area contributed by atoms with Crippen molar-refractivity contribution in [2.24, 2.45) is 10.7 Å². The van der Waals surface area contributed by atoms with Gasteiger partial charge in [0.05, 0.1) is 17.7 Å². The summed E-state index contributed by atoms with van der Waals surface area (Å²) < 4.78 is 0. The third-order valence-corrected chi connectivity index (χ3v) is 1.86. The van der Waals surface area contributed by atoms with E-state index in [9.17, 15) is 0 Å². The highest BCUT2D eigenvalue weighted by Crippen LogP contribution is 2.31. The van der Waals surface area contributed by atoms with Gasteiger partial charge in [-0.25, -0.2) is 4.99 Å². The fourth-order valence-corrected chi connectivity index (χ4v) is 1.25. The van der Waals surface area contributed by atoms with E-state index in [-0.39, 0.29) is 0 Å². The Morgan fingerprint density at radius 1 is 1.64 bits per heavy atom. The molecular formula is C6H7ClN4. The van der Waals surface area contributed by atoms with Crippen molar-refractivity contribution in [1.29, 1.82) is 0 Å². The molecule has 0 amide bonds. The van der Waals surface area contributed by atoms with Crippen LogP contribution >= 0.6 is 11.6 Å². The number of alkyl halides is 1. The first kappa shape index (κ1) is 6.69. The summed E-state index contributed by atoms with van der Waals surface area (Å²) in [5.41, 5.74) is 7.20. The fourth-order valence-electron chi connectivity index (χ4n) is 1.04. The highest BCUT2D eigenvalue weighted by atomic mass is 35.5. The lowest BCUT2D eigenvalue weighted by atomic mass is 10.3. The van der Waals surface area contributed by atoms with Crippen LogP contribution in [0.4, 0.5) is 5.69 Å². The average molecular weight is 171 g/mol. The maximum absolute atomic E-state index is 5.85. The second-order valence-electron chi connectivity index (χ2n) is 2.34. The van der Waals surface area contributed by atoms with Crippen molar-refractivity contribution < 1.29 is 0 Å². The number of hydrogen-bond acceptors (Lipinski definition) is 3. The minimum absolute atomic E-state index is 0.696. The van der Waals surface area contributed by atoms with Gasteiger partial charge in [0.2, 0.25) is 5.12 Å². The van der Waals surface area contributed by atoms with Gasteiger partial charge >= 0.3 is 0 Å². The van der Waals surface area contributed by atoms with Crippen LogP contribution in [0.1, 0.15) is 5.69 Å². The van der Waals surface area contributed by atoms with E-state index in [1.807, 2.05) is 6.07 Å². The van der Waals surface area contributed by atoms with Crippen LogP contribution in [0, 0.1) is 0 Å². The standard InChI is InChI=1S/C6H7ClN4/c7-6(8)5-4(1-2-9-5)10-3-11-6/h1-3,9H,8H2,(H,10,11). The summed E-state index contributed by atoms with van der Waals surface area (Å²) in [6.45, 7) is 0. The lowest BCUT2D eigenvalue weighted by molar-refractivity contribution is 0.661. The predicted octanol–water partition coefficient (Wildman–Crippen LogP) is 0.776. The first-order chi connectivity index (χ1) is 5.20. The Labute approximate surface area is 68.5 Å². The molecule has 4 N–H and O–H groups in total. The van der Waals surface area contributed by atoms with Gasteiger partial charge in [-0.1, -0.05) is 11.6 Å². The molecule has 2 heterocycles. The van der Waals surface area contributed by atoms with E-state index < -0.39 is 5.12 Å². The summed E-state index contributed by atoms with van der Waals surface area (Å²) in [6, 6.07) is 1.85. The number of anilines is 1. The quantitative estimate of drug-likeness (QED) is 0.398. The molecular weight excluding hydrogens is 164 g/mol. The number of nitrogens with two attached hydrogens (primary N) is 1. The van der Waals surface area contributed by atoms with Gasteiger partial charge in [0.25, 0.3) is 0 Å². The van der Waals surface area contributed by atoms with Crippen molar-refractivity contribution in [3.05, 3.63) is 18.0 Å². The largest absolute Gasteiger partial charge is 0.359 e. The molecule has 11 heavy (non-hydrogen) atoms. The normalized spacial score (nSPS) is 27.8. The van der Waals surface area contributed by atoms with Gasteiger partial charge in [-0.2, -0.15) is 0 Å². The molecule has 4 nitrogen and oxygen atoms in total. The van der Waals surface area contributed by atoms with Crippen LogP contribution in [0.2, 0.25) is 0 Å². The molecule has 1 atom stereocenters. The molecule has 0 bridgehead atoms. The lowest BCUT2D eigenvalue weighted by Crippen LogP contribution is -2.32. The zero-order valence-corrected chi connectivity index (χ0v) is 6.39. The number of nitrogens with one attached hydrogen (secondary N) is 2. The predicted molar refractivity (Wildman–Crippen MR) is 44.6 cm³/mol. The SMILES string of the molecule is NC1(Cl)N=CNc2cc[nH]c21. The Bertz CT molecular complexity index is 301. The number of H-pyrrole nitrogens is 1. The third-order valence-electron chi connectivity index (χ3n) is 1.57. The van der Waals surface area contributed by atoms with Gasteiger partial charge in [0, 0.05) is 6.20 Å². The van der Waals surface area contributed by atoms with Gasteiger partial charge in [-0.05, 0) is 6.07 Å². The molecule has 2 rings (SSSR count). The van der Waals surface area contributed by atoms with Crippen LogP contribution in [0.15, 0.2) is 17.3 Å². The van der Waals surface area contributed by atoms with Crippen molar-refractivity contribution in [2.75, 3.05) is 5.32 Å². The molecule has 0 fully saturated rings. The first-order valence-corrected chi connectivity index (χ1v) is 3.54. The molecule has 5 heteroatoms. The molecule has 0 saturated heterocycles. The Balaban J connectivity index is 2.56. The number of aromatic nitrogens is 1. The monoisotopic (exact) mass is 170 g/mol. The van der Waals surface area contributed by atoms with Crippen LogP contribution in [0.25, 0.3) is 0 Å². The molecule has 0 saturated carbocycles. The molecule has 0 aromatic carbocycles. The van der Waals surface area contributed by atoms with Gasteiger partial charge in [0.1, 0.15) is 0 Å². The van der Waals surface area contributed by atoms with E-state index >= 15 is 0 Å². The van der Waals surface area contributed by atoms with Gasteiger partial charge in [-0.3, -0.25) is 5.73 Å². The highest BCUT2D eigenvalue weighted by molar-refractivity contribution is 6.24. The third kappa shape index (κ3) is 0.911. The molecule has 1 aromatic heterocycles. The van der Waals surface area contributed by atoms with E-state index in [2.05, 4.69) is 15.3 Å². The highest BCUT2D eigenvalue weighted by Gasteiger charge is 2.29. The molecule has 1 aliphatic heterocycles. The van der Waals surface area contributed by atoms with E-state index in [0.29, 0.717) is 5.69 Å². The van der Waals surface area contributed by atoms with Crippen LogP contribution in [-0.4, -0.2) is 11.3 Å². The summed E-state index contributed by atoms with van der Waals surface area (Å²) >= 11 is 5.85. The Hall–Kier alpha value is -1.00. The minimum Gasteiger partial charge on any atom is -0.359 e. The van der Waals surface area contributed by atoms with Crippen molar-refractivity contribution >= 4 is 23.6 Å². The second kappa shape index (κ2) is 1.99. The molecule has 1 aromatic rings. The zero-order valence-electron chi connectivity index (χ0n) is 5.63. The van der Waals surface area contributed by atoms with Crippen LogP contribution in [0.5, 0.6) is 0 Å². The van der Waals surface area contributed by atoms with E-state index in [1.54, 1.807) is 6.20 Å². The number of halogens is 1. The van der Waals surface area contributed by atoms with E-state index in [1.165, 1.54) is 6.34 Å². The van der Waals surface area contributed by atoms with Crippen molar-refractivity contribution in [1.82, 2.24) is 4.98 Å². The minimum atomic E-state index is -1.13. The number of fused-ring (bicyclic) bond motifs is 1. The summed E-state index contributed by atoms with van der Waals surface area (Å²) in [5, 5.41) is 1.78. The summed E-state index contributed by atoms with van der Waals surface area (Å²) in [4.78, 5) is 6.77. The fraction of sp³-hybridized carbons (Fsp3) is 0.167. The van der Waals surface area contributed by atoms with E-state index in [0.717, 1.165) is 5.69 Å². The Morgan fingerprint density at radius 3 is 3.18 bits per heavy atom. The van der Waals surface area contributed by atoms with Crippen LogP contribution < -0.4 is 11.1 Å². The maximum atomic E-state index is 5.85. The van der Waals surface area contributed by atoms with Gasteiger partial charge < -0.3 is 10.3 Å². The van der Waals surface area contributed by atoms with Crippen molar-refractivity contribution in [3.8, 4) is 0 Å². The average Bonchev–Trinajstić information content (AvgIpc) is 2.34. The topological polar surface area (TPSA) is 66.2 Å². The van der Waals surface area contributed by atoms with Crippen molar-refractivity contribution in [3.63, 3.8) is 0 Å². The molecule has 1 aliphatic rings. The second-order valence-corrected chi connectivity index (χ2v) is 2.92.